The van der Waals surface area contributed by atoms with Gasteiger partial charge in [-0.2, -0.15) is 8.78 Å². The highest BCUT2D eigenvalue weighted by molar-refractivity contribution is 5.87. The van der Waals surface area contributed by atoms with E-state index < -0.39 is 17.9 Å². The predicted octanol–water partition coefficient (Wildman–Crippen LogP) is 2.57. The van der Waals surface area contributed by atoms with Crippen LogP contribution in [0.5, 0.6) is 0 Å². The summed E-state index contributed by atoms with van der Waals surface area (Å²) in [6.45, 7) is 0.652. The molecule has 0 radical (unpaired) electrons. The molecule has 1 saturated heterocycles. The number of aromatic carboxylic acids is 1. The minimum absolute atomic E-state index is 0.104. The molecule has 5 heteroatoms. The van der Waals surface area contributed by atoms with Gasteiger partial charge in [0, 0.05) is 5.56 Å². The number of carboxylic acids is 1. The number of likely N-dealkylation sites (tertiary alicyclic amines) is 1. The van der Waals surface area contributed by atoms with Crippen molar-refractivity contribution in [2.24, 2.45) is 0 Å². The zero-order valence-corrected chi connectivity index (χ0v) is 10.1. The van der Waals surface area contributed by atoms with Crippen LogP contribution in [0.1, 0.15) is 28.8 Å². The Balaban J connectivity index is 2.34. The van der Waals surface area contributed by atoms with Crippen LogP contribution in [0.15, 0.2) is 24.3 Å². The lowest BCUT2D eigenvalue weighted by atomic mass is 9.97. The van der Waals surface area contributed by atoms with Crippen molar-refractivity contribution >= 4 is 5.97 Å². The maximum Gasteiger partial charge on any atom is 0.335 e. The van der Waals surface area contributed by atoms with Gasteiger partial charge in [-0.1, -0.05) is 12.1 Å². The van der Waals surface area contributed by atoms with Crippen LogP contribution >= 0.6 is 0 Å². The molecule has 0 aromatic heterocycles. The Hall–Kier alpha value is -1.49. The molecule has 1 N–H and O–H groups in total. The highest BCUT2D eigenvalue weighted by Gasteiger charge is 2.45. The molecule has 1 atom stereocenters. The molecule has 1 aliphatic heterocycles. The Morgan fingerprint density at radius 2 is 2.22 bits per heavy atom. The van der Waals surface area contributed by atoms with E-state index >= 15 is 0 Å². The third kappa shape index (κ3) is 2.22. The summed E-state index contributed by atoms with van der Waals surface area (Å²) in [5.41, 5.74) is -0.325. The minimum Gasteiger partial charge on any atom is -0.478 e. The predicted molar refractivity (Wildman–Crippen MR) is 62.9 cm³/mol. The molecule has 1 unspecified atom stereocenters. The van der Waals surface area contributed by atoms with Gasteiger partial charge in [-0.25, -0.2) is 4.79 Å². The molecule has 0 amide bonds. The van der Waals surface area contributed by atoms with Crippen LogP contribution in [0.3, 0.4) is 0 Å². The molecule has 1 fully saturated rings. The average Bonchev–Trinajstić information content (AvgIpc) is 2.76. The summed E-state index contributed by atoms with van der Waals surface area (Å²) in [4.78, 5) is 12.4. The summed E-state index contributed by atoms with van der Waals surface area (Å²) >= 11 is 0. The van der Waals surface area contributed by atoms with Gasteiger partial charge in [0.15, 0.2) is 0 Å². The van der Waals surface area contributed by atoms with Gasteiger partial charge in [-0.15, -0.1) is 0 Å². The summed E-state index contributed by atoms with van der Waals surface area (Å²) in [5, 5.41) is 8.84. The smallest absolute Gasteiger partial charge is 0.335 e. The summed E-state index contributed by atoms with van der Waals surface area (Å²) in [6, 6.07) is 4.19. The second-order valence-electron chi connectivity index (χ2n) is 4.65. The molecule has 1 aromatic carbocycles. The third-order valence-corrected chi connectivity index (χ3v) is 3.43. The molecule has 18 heavy (non-hydrogen) atoms. The van der Waals surface area contributed by atoms with Crippen LogP contribution in [-0.4, -0.2) is 35.6 Å². The van der Waals surface area contributed by atoms with E-state index in [1.165, 1.54) is 18.2 Å². The van der Waals surface area contributed by atoms with Crippen LogP contribution < -0.4 is 0 Å². The molecular formula is C13H15F2NO2. The summed E-state index contributed by atoms with van der Waals surface area (Å²) in [5.74, 6) is -4.20. The van der Waals surface area contributed by atoms with Gasteiger partial charge in [0.1, 0.15) is 0 Å². The average molecular weight is 255 g/mol. The molecule has 0 spiro atoms. The second-order valence-corrected chi connectivity index (χ2v) is 4.65. The van der Waals surface area contributed by atoms with Gasteiger partial charge in [-0.05, 0) is 38.6 Å². The molecular weight excluding hydrogens is 240 g/mol. The first-order valence-corrected chi connectivity index (χ1v) is 5.85. The van der Waals surface area contributed by atoms with E-state index in [-0.39, 0.29) is 11.1 Å². The number of alkyl halides is 2. The molecule has 1 aromatic rings. The van der Waals surface area contributed by atoms with Crippen LogP contribution in [0.4, 0.5) is 8.78 Å². The van der Waals surface area contributed by atoms with Gasteiger partial charge >= 0.3 is 5.97 Å². The molecule has 0 aliphatic carbocycles. The number of carboxylic acid groups (broad SMARTS) is 1. The molecule has 1 aliphatic rings. The minimum atomic E-state index is -3.02. The van der Waals surface area contributed by atoms with Crippen molar-refractivity contribution in [2.45, 2.75) is 24.8 Å². The molecule has 98 valence electrons. The summed E-state index contributed by atoms with van der Waals surface area (Å²) in [7, 11) is 1.67. The number of hydrogen-bond acceptors (Lipinski definition) is 2. The normalized spacial score (nSPS) is 21.2. The second kappa shape index (κ2) is 4.65. The van der Waals surface area contributed by atoms with Crippen LogP contribution in [0.25, 0.3) is 0 Å². The first-order chi connectivity index (χ1) is 8.43. The van der Waals surface area contributed by atoms with Gasteiger partial charge < -0.3 is 5.11 Å². The van der Waals surface area contributed by atoms with E-state index in [4.69, 9.17) is 5.11 Å². The maximum absolute atomic E-state index is 14.3. The molecule has 1 heterocycles. The van der Waals surface area contributed by atoms with E-state index in [1.54, 1.807) is 11.9 Å². The van der Waals surface area contributed by atoms with Crippen molar-refractivity contribution in [1.29, 1.82) is 0 Å². The number of carbonyl (C=O) groups is 1. The Morgan fingerprint density at radius 3 is 2.78 bits per heavy atom. The fourth-order valence-corrected chi connectivity index (χ4v) is 2.42. The van der Waals surface area contributed by atoms with Crippen molar-refractivity contribution < 1.29 is 18.7 Å². The number of halogens is 2. The lowest BCUT2D eigenvalue weighted by molar-refractivity contribution is -0.0696. The monoisotopic (exact) mass is 255 g/mol. The fraction of sp³-hybridized carbons (Fsp3) is 0.462. The Bertz CT molecular complexity index is 462. The van der Waals surface area contributed by atoms with Gasteiger partial charge in [0.25, 0.3) is 5.92 Å². The first-order valence-electron chi connectivity index (χ1n) is 5.85. The first kappa shape index (κ1) is 13.0. The quantitative estimate of drug-likeness (QED) is 0.902. The maximum atomic E-state index is 14.3. The molecule has 0 bridgehead atoms. The van der Waals surface area contributed by atoms with Crippen molar-refractivity contribution in [2.75, 3.05) is 13.6 Å². The fourth-order valence-electron chi connectivity index (χ4n) is 2.42. The van der Waals surface area contributed by atoms with E-state index in [0.29, 0.717) is 13.0 Å². The highest BCUT2D eigenvalue weighted by atomic mass is 19.3. The number of nitrogens with zero attached hydrogens (tertiary/aromatic N) is 1. The van der Waals surface area contributed by atoms with Crippen LogP contribution in [-0.2, 0) is 5.92 Å². The standard InChI is InChI=1S/C13H15F2NO2/c1-16-7-3-6-11(16)13(14,15)10-5-2-4-9(8-10)12(17)18/h2,4-5,8,11H,3,6-7H2,1H3,(H,17,18). The number of rotatable bonds is 3. The van der Waals surface area contributed by atoms with Crippen molar-refractivity contribution in [3.05, 3.63) is 35.4 Å². The topological polar surface area (TPSA) is 40.5 Å². The summed E-state index contributed by atoms with van der Waals surface area (Å²) < 4.78 is 28.6. The number of hydrogen-bond donors (Lipinski definition) is 1. The molecule has 0 saturated carbocycles. The largest absolute Gasteiger partial charge is 0.478 e. The number of benzene rings is 1. The van der Waals surface area contributed by atoms with Gasteiger partial charge in [-0.3, -0.25) is 4.90 Å². The van der Waals surface area contributed by atoms with Gasteiger partial charge in [0.2, 0.25) is 0 Å². The Labute approximate surface area is 104 Å². The number of likely N-dealkylation sites (N-methyl/N-ethyl adjacent to an activating group) is 1. The SMILES string of the molecule is CN1CCCC1C(F)(F)c1cccc(C(=O)O)c1. The molecule has 2 rings (SSSR count). The van der Waals surface area contributed by atoms with Gasteiger partial charge in [0.05, 0.1) is 11.6 Å². The highest BCUT2D eigenvalue weighted by Crippen LogP contribution is 2.39. The van der Waals surface area contributed by atoms with Crippen molar-refractivity contribution in [3.8, 4) is 0 Å². The van der Waals surface area contributed by atoms with E-state index in [9.17, 15) is 13.6 Å². The summed E-state index contributed by atoms with van der Waals surface area (Å²) in [6.07, 6.45) is 1.18. The van der Waals surface area contributed by atoms with Crippen LogP contribution in [0.2, 0.25) is 0 Å². The van der Waals surface area contributed by atoms with E-state index in [0.717, 1.165) is 12.5 Å². The van der Waals surface area contributed by atoms with Crippen molar-refractivity contribution in [1.82, 2.24) is 4.90 Å². The lowest BCUT2D eigenvalue weighted by Gasteiger charge is -2.29. The Kier molecular flexibility index (Phi) is 3.34. The third-order valence-electron chi connectivity index (χ3n) is 3.43. The van der Waals surface area contributed by atoms with Crippen LogP contribution in [0, 0.1) is 0 Å². The van der Waals surface area contributed by atoms with E-state index in [2.05, 4.69) is 0 Å². The Morgan fingerprint density at radius 1 is 1.50 bits per heavy atom. The van der Waals surface area contributed by atoms with Crippen molar-refractivity contribution in [3.63, 3.8) is 0 Å². The lowest BCUT2D eigenvalue weighted by Crippen LogP contribution is -2.39. The zero-order chi connectivity index (χ0) is 13.3. The molecule has 3 nitrogen and oxygen atoms in total. The van der Waals surface area contributed by atoms with E-state index in [1.807, 2.05) is 0 Å². The zero-order valence-electron chi connectivity index (χ0n) is 10.1.